The molecule has 0 unspecified atom stereocenters. The standard InChI is InChI=1S/C8H16O4.3ClHO4.Dy.6H2O/c1-2-10-5-6-12-8-7-11-4-3-9-1;3*2-1(3,4)5;;;;;;;/h1-8H2;3*(H,2,3,4,5);;6*1H2/q;;;;+3;;;;;;/p+2. The molecule has 0 spiro atoms. The Balaban J connectivity index is -0.0000000288. The van der Waals surface area contributed by atoms with E-state index in [0.29, 0.717) is 52.9 Å². The quantitative estimate of drug-likeness (QED) is 0.207. The second-order valence-corrected chi connectivity index (χ2v) is 5.85. The Bertz CT molecular complexity index is 222. The third-order valence-corrected chi connectivity index (χ3v) is 1.49. The first-order chi connectivity index (χ1) is 12.0. The zero-order valence-electron chi connectivity index (χ0n) is 17.0. The van der Waals surface area contributed by atoms with Gasteiger partial charge in [0, 0.05) is 0 Å². The molecule has 34 heavy (non-hydrogen) atoms. The van der Waals surface area contributed by atoms with Gasteiger partial charge in [-0.15, -0.1) is 30.7 Å². The van der Waals surface area contributed by atoms with Crippen molar-refractivity contribution < 1.29 is 177 Å². The smallest absolute Gasteiger partial charge is 0.457 e. The van der Waals surface area contributed by atoms with E-state index in [1.165, 1.54) is 0 Å². The summed E-state index contributed by atoms with van der Waals surface area (Å²) in [6, 6.07) is 0. The Kier molecular flexibility index (Phi) is 74.0. The fourth-order valence-corrected chi connectivity index (χ4v) is 0.880. The van der Waals surface area contributed by atoms with Crippen LogP contribution in [0.15, 0.2) is 0 Å². The van der Waals surface area contributed by atoms with Crippen molar-refractivity contribution in [2.24, 2.45) is 0 Å². The summed E-state index contributed by atoms with van der Waals surface area (Å²) in [5.41, 5.74) is 0. The average molecular weight is 750 g/mol. The molecule has 0 aromatic carbocycles. The van der Waals surface area contributed by atoms with E-state index in [1.807, 2.05) is 0 Å². The van der Waals surface area contributed by atoms with Crippen LogP contribution in [-0.2, 0) is 46.3 Å². The molecule has 0 atom stereocenters. The SMILES string of the molecule is C1COCCOCCOCCO1.O.[Dy+3].[O-][Cl+3]([O-])([O-])[O-].[O-][Cl+3]([O-])([O-])[O-].[O-][Cl+3]([O-])([O-])[O-].[OH3+].[OH3+].[OH3+].[OH3+].[OH3+]. The first-order valence-electron chi connectivity index (χ1n) is 6.16. The molecule has 0 aromatic rings. The molecule has 0 saturated carbocycles. The minimum Gasteiger partial charge on any atom is -0.457 e. The summed E-state index contributed by atoms with van der Waals surface area (Å²) in [4.78, 5) is 0. The van der Waals surface area contributed by atoms with E-state index >= 15 is 0 Å². The van der Waals surface area contributed by atoms with E-state index < -0.39 is 30.7 Å². The van der Waals surface area contributed by atoms with E-state index in [1.54, 1.807) is 0 Å². The fourth-order valence-electron chi connectivity index (χ4n) is 0.880. The topological polar surface area (TPSA) is 510 Å². The summed E-state index contributed by atoms with van der Waals surface area (Å²) in [5.74, 6) is 0. The molecule has 1 fully saturated rings. The van der Waals surface area contributed by atoms with Gasteiger partial charge in [0.25, 0.3) is 0 Å². The molecule has 1 saturated heterocycles. The van der Waals surface area contributed by atoms with Gasteiger partial charge in [-0.2, -0.15) is 0 Å². The molecule has 1 heterocycles. The van der Waals surface area contributed by atoms with E-state index in [0.717, 1.165) is 0 Å². The molecule has 1 aliphatic heterocycles. The average Bonchev–Trinajstić information content (AvgIpc) is 2.33. The summed E-state index contributed by atoms with van der Waals surface area (Å²) < 4.78 is 123. The van der Waals surface area contributed by atoms with E-state index in [4.69, 9.17) is 74.9 Å². The third-order valence-electron chi connectivity index (χ3n) is 1.49. The summed E-state index contributed by atoms with van der Waals surface area (Å²) in [6.07, 6.45) is 0. The molecule has 1 radical (unpaired) electrons. The predicted octanol–water partition coefficient (Wildman–Crippen LogP) is -19.6. The van der Waals surface area contributed by atoms with Crippen molar-refractivity contribution in [1.29, 1.82) is 0 Å². The molecule has 1 rings (SSSR count). The van der Waals surface area contributed by atoms with Crippen LogP contribution in [0.5, 0.6) is 0 Å². The number of hydrogen-bond donors (Lipinski definition) is 0. The first-order valence-corrected chi connectivity index (χ1v) is 9.86. The monoisotopic (exact) mass is 750 g/mol. The van der Waals surface area contributed by atoms with Gasteiger partial charge in [-0.3, -0.25) is 0 Å². The van der Waals surface area contributed by atoms with Crippen molar-refractivity contribution in [3.63, 3.8) is 0 Å². The second-order valence-electron chi connectivity index (χ2n) is 3.58. The molecular weight excluding hydrogens is 717 g/mol. The largest absolute Gasteiger partial charge is 3.00 e. The van der Waals surface area contributed by atoms with Gasteiger partial charge in [-0.25, -0.2) is 55.9 Å². The summed E-state index contributed by atoms with van der Waals surface area (Å²) in [5, 5.41) is 0. The van der Waals surface area contributed by atoms with E-state index in [-0.39, 0.29) is 71.0 Å². The maximum atomic E-state index is 8.49. The van der Waals surface area contributed by atoms with Crippen LogP contribution < -0.4 is 55.9 Å². The van der Waals surface area contributed by atoms with Gasteiger partial charge in [0.1, 0.15) is 0 Å². The zero-order valence-corrected chi connectivity index (χ0v) is 21.3. The zero-order chi connectivity index (χ0) is 22.0. The molecule has 1 aliphatic rings. The van der Waals surface area contributed by atoms with Crippen LogP contribution in [0.25, 0.3) is 0 Å². The maximum absolute atomic E-state index is 8.49. The molecule has 223 valence electrons. The van der Waals surface area contributed by atoms with Crippen molar-refractivity contribution in [3.8, 4) is 0 Å². The number of halogens is 3. The van der Waals surface area contributed by atoms with Gasteiger partial charge in [-0.05, 0) is 0 Å². The minimum atomic E-state index is -4.94. The van der Waals surface area contributed by atoms with Gasteiger partial charge < -0.3 is 51.8 Å². The summed E-state index contributed by atoms with van der Waals surface area (Å²) >= 11 is 0. The molecule has 22 nitrogen and oxygen atoms in total. The molecule has 26 heteroatoms. The van der Waals surface area contributed by atoms with Crippen LogP contribution in [0.1, 0.15) is 0 Å². The van der Waals surface area contributed by atoms with Crippen molar-refractivity contribution >= 4 is 0 Å². The minimum absolute atomic E-state index is 0. The number of hydrogen-bond acceptors (Lipinski definition) is 16. The van der Waals surface area contributed by atoms with Gasteiger partial charge in [-0.1, -0.05) is 0 Å². The van der Waals surface area contributed by atoms with E-state index in [9.17, 15) is 0 Å². The number of ether oxygens (including phenoxy) is 4. The van der Waals surface area contributed by atoms with Gasteiger partial charge in [0.05, 0.1) is 52.9 Å². The van der Waals surface area contributed by atoms with Crippen molar-refractivity contribution in [1.82, 2.24) is 0 Å². The predicted molar refractivity (Wildman–Crippen MR) is 71.2 cm³/mol. The molecule has 0 amide bonds. The molecule has 17 N–H and O–H groups in total. The Morgan fingerprint density at radius 3 is 0.441 bits per heavy atom. The normalized spacial score (nSPS) is 13.8. The second kappa shape index (κ2) is 38.8. The molecule has 0 bridgehead atoms. The summed E-state index contributed by atoms with van der Waals surface area (Å²) in [7, 11) is -14.8. The Morgan fingerprint density at radius 1 is 0.324 bits per heavy atom. The Morgan fingerprint density at radius 2 is 0.382 bits per heavy atom. The van der Waals surface area contributed by atoms with Gasteiger partial charge in [0.15, 0.2) is 0 Å². The summed E-state index contributed by atoms with van der Waals surface area (Å²) in [6.45, 7) is 5.14. The molecular formula is C8H33Cl3DyO22+5. The van der Waals surface area contributed by atoms with Gasteiger partial charge in [0.2, 0.25) is 0 Å². The van der Waals surface area contributed by atoms with Crippen LogP contribution in [0.4, 0.5) is 0 Å². The fraction of sp³-hybridized carbons (Fsp3) is 1.00. The van der Waals surface area contributed by atoms with E-state index in [2.05, 4.69) is 0 Å². The maximum Gasteiger partial charge on any atom is 3.00 e. The number of rotatable bonds is 0. The molecule has 0 aliphatic carbocycles. The van der Waals surface area contributed by atoms with Crippen molar-refractivity contribution in [2.75, 3.05) is 52.9 Å². The van der Waals surface area contributed by atoms with Crippen molar-refractivity contribution in [3.05, 3.63) is 0 Å². The molecule has 0 aromatic heterocycles. The van der Waals surface area contributed by atoms with Crippen LogP contribution in [-0.4, -0.2) is 58.3 Å². The Labute approximate surface area is 228 Å². The third kappa shape index (κ3) is 197. The van der Waals surface area contributed by atoms with Crippen molar-refractivity contribution in [2.45, 2.75) is 0 Å². The van der Waals surface area contributed by atoms with Gasteiger partial charge >= 0.3 is 38.2 Å². The van der Waals surface area contributed by atoms with Crippen LogP contribution in [0.3, 0.4) is 0 Å². The van der Waals surface area contributed by atoms with Crippen LogP contribution in [0, 0.1) is 68.9 Å². The first kappa shape index (κ1) is 64.9. The Hall–Kier alpha value is 1.26. The van der Waals surface area contributed by atoms with Crippen LogP contribution in [0.2, 0.25) is 0 Å². The van der Waals surface area contributed by atoms with Crippen LogP contribution >= 0.6 is 0 Å².